The van der Waals surface area contributed by atoms with E-state index in [0.29, 0.717) is 17.5 Å². The summed E-state index contributed by atoms with van der Waals surface area (Å²) in [6.45, 7) is 4.71. The van der Waals surface area contributed by atoms with Crippen molar-refractivity contribution in [2.24, 2.45) is 0 Å². The van der Waals surface area contributed by atoms with Gasteiger partial charge >= 0.3 is 0 Å². The summed E-state index contributed by atoms with van der Waals surface area (Å²) in [5.41, 5.74) is 15.3. The van der Waals surface area contributed by atoms with E-state index in [-0.39, 0.29) is 5.41 Å². The first-order chi connectivity index (χ1) is 27.0. The predicted molar refractivity (Wildman–Crippen MR) is 228 cm³/mol. The highest BCUT2D eigenvalue weighted by molar-refractivity contribution is 6.02. The van der Waals surface area contributed by atoms with Gasteiger partial charge in [0.2, 0.25) is 0 Å². The predicted octanol–water partition coefficient (Wildman–Crippen LogP) is 13.3. The van der Waals surface area contributed by atoms with Gasteiger partial charge in [-0.05, 0) is 84.6 Å². The standard InChI is InChI=1S/C52H37N3/c1-52(2)47-26-12-11-24-43(47)46-32-45(42-25-14-20-35-15-9-10-23-41(35)42)44(33-48(46)52)36-29-27-34(28-30-36)39-21-13-22-40(31-39)51-54-49(37-16-5-3-6-17-37)53-50(55-51)38-18-7-4-8-19-38/h3-33H,1-2H3. The van der Waals surface area contributed by atoms with Crippen LogP contribution in [0.5, 0.6) is 0 Å². The summed E-state index contributed by atoms with van der Waals surface area (Å²) in [6.07, 6.45) is 0. The van der Waals surface area contributed by atoms with Crippen LogP contribution in [0.4, 0.5) is 0 Å². The Kier molecular flexibility index (Phi) is 7.81. The van der Waals surface area contributed by atoms with Crippen molar-refractivity contribution in [1.82, 2.24) is 15.0 Å². The molecule has 3 heteroatoms. The van der Waals surface area contributed by atoms with Crippen molar-refractivity contribution in [3.8, 4) is 78.7 Å². The molecule has 0 bridgehead atoms. The van der Waals surface area contributed by atoms with Crippen LogP contribution in [0.3, 0.4) is 0 Å². The number of fused-ring (bicyclic) bond motifs is 4. The number of nitrogens with zero attached hydrogens (tertiary/aromatic N) is 3. The van der Waals surface area contributed by atoms with Crippen LogP contribution in [0, 0.1) is 0 Å². The van der Waals surface area contributed by atoms with Gasteiger partial charge in [-0.1, -0.05) is 184 Å². The van der Waals surface area contributed by atoms with Gasteiger partial charge in [0.1, 0.15) is 0 Å². The molecular formula is C52H37N3. The van der Waals surface area contributed by atoms with Gasteiger partial charge in [0.15, 0.2) is 17.5 Å². The third-order valence-corrected chi connectivity index (χ3v) is 11.2. The molecule has 9 aromatic rings. The van der Waals surface area contributed by atoms with Crippen LogP contribution in [0.25, 0.3) is 89.4 Å². The molecule has 1 heterocycles. The molecule has 55 heavy (non-hydrogen) atoms. The first-order valence-corrected chi connectivity index (χ1v) is 18.9. The quantitative estimate of drug-likeness (QED) is 0.173. The molecule has 1 aliphatic carbocycles. The average molecular weight is 704 g/mol. The first-order valence-electron chi connectivity index (χ1n) is 18.9. The Hall–Kier alpha value is -6.97. The molecule has 0 saturated carbocycles. The molecule has 1 aliphatic rings. The van der Waals surface area contributed by atoms with Crippen molar-refractivity contribution in [3.05, 3.63) is 199 Å². The van der Waals surface area contributed by atoms with E-state index in [1.165, 1.54) is 55.3 Å². The zero-order valence-corrected chi connectivity index (χ0v) is 30.7. The minimum Gasteiger partial charge on any atom is -0.208 e. The third kappa shape index (κ3) is 5.73. The van der Waals surface area contributed by atoms with Crippen molar-refractivity contribution < 1.29 is 0 Å². The molecule has 8 aromatic carbocycles. The lowest BCUT2D eigenvalue weighted by Gasteiger charge is -2.23. The number of hydrogen-bond acceptors (Lipinski definition) is 3. The summed E-state index contributed by atoms with van der Waals surface area (Å²) in [4.78, 5) is 14.8. The maximum absolute atomic E-state index is 4.98. The van der Waals surface area contributed by atoms with Crippen molar-refractivity contribution in [3.63, 3.8) is 0 Å². The van der Waals surface area contributed by atoms with Gasteiger partial charge in [0, 0.05) is 22.1 Å². The second-order valence-corrected chi connectivity index (χ2v) is 14.8. The number of aromatic nitrogens is 3. The van der Waals surface area contributed by atoms with E-state index >= 15 is 0 Å². The highest BCUT2D eigenvalue weighted by Crippen LogP contribution is 2.52. The monoisotopic (exact) mass is 703 g/mol. The molecule has 0 aliphatic heterocycles. The molecule has 0 atom stereocenters. The SMILES string of the molecule is CC1(C)c2ccccc2-c2cc(-c3cccc4ccccc34)c(-c3ccc(-c4cccc(-c5nc(-c6ccccc6)nc(-c6ccccc6)n5)c4)cc3)cc21. The molecule has 260 valence electrons. The lowest BCUT2D eigenvalue weighted by molar-refractivity contribution is 0.660. The lowest BCUT2D eigenvalue weighted by Crippen LogP contribution is -2.15. The summed E-state index contributed by atoms with van der Waals surface area (Å²) in [5.74, 6) is 1.95. The average Bonchev–Trinajstić information content (AvgIpc) is 3.48. The van der Waals surface area contributed by atoms with Crippen molar-refractivity contribution in [1.29, 1.82) is 0 Å². The maximum atomic E-state index is 4.98. The summed E-state index contributed by atoms with van der Waals surface area (Å²) < 4.78 is 0. The largest absolute Gasteiger partial charge is 0.208 e. The Labute approximate surface area is 321 Å². The zero-order chi connectivity index (χ0) is 36.9. The summed E-state index contributed by atoms with van der Waals surface area (Å²) >= 11 is 0. The minimum atomic E-state index is -0.103. The van der Waals surface area contributed by atoms with Crippen molar-refractivity contribution in [2.75, 3.05) is 0 Å². The summed E-state index contributed by atoms with van der Waals surface area (Å²) in [6, 6.07) is 66.9. The highest BCUT2D eigenvalue weighted by Gasteiger charge is 2.36. The normalized spacial score (nSPS) is 12.7. The topological polar surface area (TPSA) is 38.7 Å². The fourth-order valence-corrected chi connectivity index (χ4v) is 8.29. The van der Waals surface area contributed by atoms with Crippen LogP contribution in [-0.4, -0.2) is 15.0 Å². The highest BCUT2D eigenvalue weighted by atomic mass is 15.0. The van der Waals surface area contributed by atoms with E-state index in [9.17, 15) is 0 Å². The van der Waals surface area contributed by atoms with Gasteiger partial charge in [-0.3, -0.25) is 0 Å². The Morgan fingerprint density at radius 3 is 1.56 bits per heavy atom. The van der Waals surface area contributed by atoms with E-state index in [4.69, 9.17) is 15.0 Å². The van der Waals surface area contributed by atoms with Crippen LogP contribution < -0.4 is 0 Å². The van der Waals surface area contributed by atoms with Gasteiger partial charge < -0.3 is 0 Å². The Bertz CT molecular complexity index is 2810. The Balaban J connectivity index is 1.08. The Morgan fingerprint density at radius 2 is 0.836 bits per heavy atom. The van der Waals surface area contributed by atoms with Crippen molar-refractivity contribution in [2.45, 2.75) is 19.3 Å². The third-order valence-electron chi connectivity index (χ3n) is 11.2. The molecular weight excluding hydrogens is 667 g/mol. The molecule has 0 fully saturated rings. The molecule has 0 spiro atoms. The molecule has 1 aromatic heterocycles. The van der Waals surface area contributed by atoms with Crippen LogP contribution in [0.2, 0.25) is 0 Å². The van der Waals surface area contributed by atoms with E-state index in [1.807, 2.05) is 60.7 Å². The van der Waals surface area contributed by atoms with Gasteiger partial charge in [0.25, 0.3) is 0 Å². The molecule has 0 unspecified atom stereocenters. The summed E-state index contributed by atoms with van der Waals surface area (Å²) in [7, 11) is 0. The van der Waals surface area contributed by atoms with Crippen LogP contribution in [-0.2, 0) is 5.41 Å². The maximum Gasteiger partial charge on any atom is 0.164 e. The second kappa shape index (κ2) is 13.2. The fourth-order valence-electron chi connectivity index (χ4n) is 8.29. The molecule has 0 N–H and O–H groups in total. The lowest BCUT2D eigenvalue weighted by atomic mass is 9.80. The van der Waals surface area contributed by atoms with Crippen LogP contribution in [0.1, 0.15) is 25.0 Å². The number of hydrogen-bond donors (Lipinski definition) is 0. The van der Waals surface area contributed by atoms with Crippen LogP contribution >= 0.6 is 0 Å². The Morgan fingerprint density at radius 1 is 0.309 bits per heavy atom. The van der Waals surface area contributed by atoms with Gasteiger partial charge in [0.05, 0.1) is 0 Å². The molecule has 0 saturated heterocycles. The van der Waals surface area contributed by atoms with Crippen molar-refractivity contribution >= 4 is 10.8 Å². The first kappa shape index (κ1) is 32.7. The smallest absolute Gasteiger partial charge is 0.164 e. The van der Waals surface area contributed by atoms with E-state index in [1.54, 1.807) is 0 Å². The molecule has 0 radical (unpaired) electrons. The zero-order valence-electron chi connectivity index (χ0n) is 30.7. The van der Waals surface area contributed by atoms with E-state index < -0.39 is 0 Å². The fraction of sp³-hybridized carbons (Fsp3) is 0.0577. The van der Waals surface area contributed by atoms with Gasteiger partial charge in [-0.2, -0.15) is 0 Å². The molecule has 3 nitrogen and oxygen atoms in total. The van der Waals surface area contributed by atoms with Crippen LogP contribution in [0.15, 0.2) is 188 Å². The minimum absolute atomic E-state index is 0.103. The van der Waals surface area contributed by atoms with Gasteiger partial charge in [-0.25, -0.2) is 15.0 Å². The molecule has 10 rings (SSSR count). The van der Waals surface area contributed by atoms with E-state index in [0.717, 1.165) is 27.8 Å². The summed E-state index contributed by atoms with van der Waals surface area (Å²) in [5, 5.41) is 2.50. The number of benzene rings is 8. The number of rotatable bonds is 6. The molecule has 0 amide bonds. The van der Waals surface area contributed by atoms with Gasteiger partial charge in [-0.15, -0.1) is 0 Å². The second-order valence-electron chi connectivity index (χ2n) is 14.8. The van der Waals surface area contributed by atoms with E-state index in [2.05, 4.69) is 141 Å².